The molecule has 3 aromatic rings. The molecule has 3 aromatic carbocycles. The Morgan fingerprint density at radius 2 is 1.70 bits per heavy atom. The van der Waals surface area contributed by atoms with Crippen LogP contribution in [-0.4, -0.2) is 76.9 Å². The Kier molecular flexibility index (Phi) is 8.99. The van der Waals surface area contributed by atoms with Gasteiger partial charge in [0.15, 0.2) is 0 Å². The minimum Gasteiger partial charge on any atom is -0.497 e. The van der Waals surface area contributed by atoms with Gasteiger partial charge in [0.1, 0.15) is 17.5 Å². The first-order valence-electron chi connectivity index (χ1n) is 12.3. The first-order chi connectivity index (χ1) is 17.8. The van der Waals surface area contributed by atoms with Crippen LogP contribution >= 0.6 is 0 Å². The molecule has 0 bridgehead atoms. The second kappa shape index (κ2) is 12.4. The number of carboxylic acid groups (broad SMARTS) is 1. The number of nitrogens with zero attached hydrogens (tertiary/aromatic N) is 1. The number of hydrogen-bond donors (Lipinski definition) is 3. The SMILES string of the molecule is COc1ccc(S(=O)(=O)NC(Cc2ccc3cc(OCCCN4CCNCC4)ccc3c2)C(=O)O)cc1. The van der Waals surface area contributed by atoms with Crippen LogP contribution in [-0.2, 0) is 21.2 Å². The number of sulfonamides is 1. The Labute approximate surface area is 217 Å². The third-order valence-electron chi connectivity index (χ3n) is 6.38. The zero-order valence-electron chi connectivity index (χ0n) is 20.9. The van der Waals surface area contributed by atoms with Crippen molar-refractivity contribution in [3.8, 4) is 11.5 Å². The molecule has 0 saturated carbocycles. The van der Waals surface area contributed by atoms with Crippen molar-refractivity contribution in [1.29, 1.82) is 0 Å². The molecule has 1 fully saturated rings. The summed E-state index contributed by atoms with van der Waals surface area (Å²) in [5, 5.41) is 14.9. The Hall–Kier alpha value is -3.18. The average molecular weight is 528 g/mol. The summed E-state index contributed by atoms with van der Waals surface area (Å²) in [6.45, 7) is 5.88. The van der Waals surface area contributed by atoms with Crippen LogP contribution in [0.1, 0.15) is 12.0 Å². The summed E-state index contributed by atoms with van der Waals surface area (Å²) in [6, 6.07) is 15.8. The van der Waals surface area contributed by atoms with Crippen molar-refractivity contribution in [2.45, 2.75) is 23.8 Å². The van der Waals surface area contributed by atoms with E-state index >= 15 is 0 Å². The maximum atomic E-state index is 12.8. The molecule has 0 radical (unpaired) electrons. The van der Waals surface area contributed by atoms with E-state index in [1.807, 2.05) is 36.4 Å². The van der Waals surface area contributed by atoms with Gasteiger partial charge in [0, 0.05) is 32.7 Å². The highest BCUT2D eigenvalue weighted by Gasteiger charge is 2.26. The van der Waals surface area contributed by atoms with Crippen LogP contribution in [0.5, 0.6) is 11.5 Å². The standard InChI is InChI=1S/C27H33N3O6S/c1-35-23-7-9-25(10-8-23)37(33,34)29-26(27(31)32)18-20-3-4-22-19-24(6-5-21(22)17-20)36-16-2-13-30-14-11-28-12-15-30/h3-10,17,19,26,28-29H,2,11-16,18H2,1H3,(H,31,32). The fraction of sp³-hybridized carbons (Fsp3) is 0.370. The number of hydrogen-bond acceptors (Lipinski definition) is 7. The summed E-state index contributed by atoms with van der Waals surface area (Å²) >= 11 is 0. The van der Waals surface area contributed by atoms with Gasteiger partial charge in [-0.05, 0) is 65.6 Å². The number of rotatable bonds is 12. The maximum Gasteiger partial charge on any atom is 0.322 e. The number of aliphatic carboxylic acids is 1. The Morgan fingerprint density at radius 3 is 2.41 bits per heavy atom. The topological polar surface area (TPSA) is 117 Å². The fourth-order valence-electron chi connectivity index (χ4n) is 4.33. The van der Waals surface area contributed by atoms with Gasteiger partial charge in [-0.15, -0.1) is 0 Å². The molecule has 1 heterocycles. The number of benzene rings is 3. The van der Waals surface area contributed by atoms with E-state index in [-0.39, 0.29) is 11.3 Å². The lowest BCUT2D eigenvalue weighted by Gasteiger charge is -2.26. The molecule has 1 saturated heterocycles. The second-order valence-corrected chi connectivity index (χ2v) is 10.7. The number of ether oxygens (including phenoxy) is 2. The minimum absolute atomic E-state index is 0.00489. The molecular formula is C27H33N3O6S. The molecule has 3 N–H and O–H groups in total. The van der Waals surface area contributed by atoms with Gasteiger partial charge in [-0.1, -0.05) is 24.3 Å². The Bertz CT molecular complexity index is 1310. The van der Waals surface area contributed by atoms with Gasteiger partial charge in [-0.3, -0.25) is 4.79 Å². The van der Waals surface area contributed by atoms with Crippen LogP contribution in [0.4, 0.5) is 0 Å². The summed E-state index contributed by atoms with van der Waals surface area (Å²) in [5.41, 5.74) is 0.710. The second-order valence-electron chi connectivity index (χ2n) is 9.03. The predicted molar refractivity (Wildman–Crippen MR) is 142 cm³/mol. The lowest BCUT2D eigenvalue weighted by atomic mass is 10.0. The van der Waals surface area contributed by atoms with E-state index in [4.69, 9.17) is 9.47 Å². The summed E-state index contributed by atoms with van der Waals surface area (Å²) in [6.07, 6.45) is 0.963. The van der Waals surface area contributed by atoms with E-state index in [0.29, 0.717) is 17.9 Å². The molecule has 1 atom stereocenters. The van der Waals surface area contributed by atoms with Gasteiger partial charge < -0.3 is 24.8 Å². The fourth-order valence-corrected chi connectivity index (χ4v) is 5.52. The monoisotopic (exact) mass is 527 g/mol. The third kappa shape index (κ3) is 7.42. The number of carboxylic acids is 1. The van der Waals surface area contributed by atoms with Gasteiger partial charge in [0.05, 0.1) is 18.6 Å². The van der Waals surface area contributed by atoms with E-state index < -0.39 is 22.0 Å². The van der Waals surface area contributed by atoms with Crippen LogP contribution in [0.25, 0.3) is 10.8 Å². The van der Waals surface area contributed by atoms with E-state index in [2.05, 4.69) is 14.9 Å². The van der Waals surface area contributed by atoms with Crippen LogP contribution in [0.15, 0.2) is 65.6 Å². The molecular weight excluding hydrogens is 494 g/mol. The Balaban J connectivity index is 1.37. The molecule has 10 heteroatoms. The first-order valence-corrected chi connectivity index (χ1v) is 13.8. The zero-order chi connectivity index (χ0) is 26.3. The number of methoxy groups -OCH3 is 1. The molecule has 0 spiro atoms. The van der Waals surface area contributed by atoms with Crippen LogP contribution in [0.3, 0.4) is 0 Å². The molecule has 1 unspecified atom stereocenters. The Morgan fingerprint density at radius 1 is 1.03 bits per heavy atom. The predicted octanol–water partition coefficient (Wildman–Crippen LogP) is 2.50. The maximum absolute atomic E-state index is 12.8. The normalized spacial score (nSPS) is 15.4. The third-order valence-corrected chi connectivity index (χ3v) is 7.87. The van der Waals surface area contributed by atoms with Gasteiger partial charge in [-0.2, -0.15) is 4.72 Å². The molecule has 0 aromatic heterocycles. The van der Waals surface area contributed by atoms with Crippen molar-refractivity contribution in [3.05, 3.63) is 66.2 Å². The summed E-state index contributed by atoms with van der Waals surface area (Å²) in [4.78, 5) is 14.3. The lowest BCUT2D eigenvalue weighted by molar-refractivity contribution is -0.138. The van der Waals surface area contributed by atoms with Crippen LogP contribution in [0.2, 0.25) is 0 Å². The van der Waals surface area contributed by atoms with Crippen molar-refractivity contribution in [2.24, 2.45) is 0 Å². The van der Waals surface area contributed by atoms with Gasteiger partial charge in [0.2, 0.25) is 10.0 Å². The molecule has 1 aliphatic heterocycles. The highest BCUT2D eigenvalue weighted by atomic mass is 32.2. The molecule has 0 amide bonds. The van der Waals surface area contributed by atoms with E-state index in [0.717, 1.165) is 55.7 Å². The largest absolute Gasteiger partial charge is 0.497 e. The molecule has 4 rings (SSSR count). The number of nitrogens with one attached hydrogen (secondary N) is 2. The summed E-state index contributed by atoms with van der Waals surface area (Å²) in [7, 11) is -2.54. The van der Waals surface area contributed by atoms with Crippen molar-refractivity contribution in [2.75, 3.05) is 46.4 Å². The molecule has 37 heavy (non-hydrogen) atoms. The first kappa shape index (κ1) is 26.9. The number of carbonyl (C=O) groups is 1. The number of piperazine rings is 1. The molecule has 1 aliphatic rings. The van der Waals surface area contributed by atoms with Crippen LogP contribution < -0.4 is 19.5 Å². The highest BCUT2D eigenvalue weighted by molar-refractivity contribution is 7.89. The number of fused-ring (bicyclic) bond motifs is 1. The van der Waals surface area contributed by atoms with Crippen molar-refractivity contribution < 1.29 is 27.8 Å². The van der Waals surface area contributed by atoms with E-state index in [9.17, 15) is 18.3 Å². The van der Waals surface area contributed by atoms with Crippen molar-refractivity contribution >= 4 is 26.8 Å². The van der Waals surface area contributed by atoms with Gasteiger partial charge in [0.25, 0.3) is 0 Å². The van der Waals surface area contributed by atoms with Crippen molar-refractivity contribution in [1.82, 2.24) is 14.9 Å². The van der Waals surface area contributed by atoms with Crippen molar-refractivity contribution in [3.63, 3.8) is 0 Å². The van der Waals surface area contributed by atoms with E-state index in [1.165, 1.54) is 31.4 Å². The molecule has 0 aliphatic carbocycles. The van der Waals surface area contributed by atoms with Crippen LogP contribution in [0, 0.1) is 0 Å². The summed E-state index contributed by atoms with van der Waals surface area (Å²) < 4.78 is 38.8. The summed E-state index contributed by atoms with van der Waals surface area (Å²) in [5.74, 6) is 0.0478. The van der Waals surface area contributed by atoms with Gasteiger partial charge >= 0.3 is 5.97 Å². The smallest absolute Gasteiger partial charge is 0.322 e. The highest BCUT2D eigenvalue weighted by Crippen LogP contribution is 2.23. The zero-order valence-corrected chi connectivity index (χ0v) is 21.7. The molecule has 9 nitrogen and oxygen atoms in total. The quantitative estimate of drug-likeness (QED) is 0.308. The average Bonchev–Trinajstić information content (AvgIpc) is 2.91. The lowest BCUT2D eigenvalue weighted by Crippen LogP contribution is -2.43. The van der Waals surface area contributed by atoms with Gasteiger partial charge in [-0.25, -0.2) is 8.42 Å². The minimum atomic E-state index is -4.03. The van der Waals surface area contributed by atoms with E-state index in [1.54, 1.807) is 0 Å². The molecule has 198 valence electrons.